The molecule has 2 spiro atoms. The predicted octanol–water partition coefficient (Wildman–Crippen LogP) is -4.29. The molecule has 4 atom stereocenters. The van der Waals surface area contributed by atoms with Gasteiger partial charge < -0.3 is 37.0 Å². The SMILES string of the molecule is CN1CC[Si@@]23O[Si-]4C=C[C@H](O)[C@]2(O)O[Si]2=C(O)C=CC[Si](C=C14)(O2)O3.[Li+]. The zero-order valence-corrected chi connectivity index (χ0v) is 18.5. The van der Waals surface area contributed by atoms with Crippen molar-refractivity contribution in [1.29, 1.82) is 0 Å². The van der Waals surface area contributed by atoms with Crippen LogP contribution in [0.5, 0.6) is 0 Å². The molecular formula is C13H18LiNO7Si4. The molecule has 5 bridgehead atoms. The Morgan fingerprint density at radius 2 is 2.27 bits per heavy atom. The summed E-state index contributed by atoms with van der Waals surface area (Å²) < 4.78 is 25.2. The summed E-state index contributed by atoms with van der Waals surface area (Å²) in [4.78, 5) is 2.14. The Morgan fingerprint density at radius 1 is 1.46 bits per heavy atom. The van der Waals surface area contributed by atoms with E-state index < -0.39 is 46.6 Å². The quantitative estimate of drug-likeness (QED) is 0.339. The van der Waals surface area contributed by atoms with Crippen LogP contribution >= 0.6 is 0 Å². The van der Waals surface area contributed by atoms with Crippen molar-refractivity contribution in [3.8, 4) is 0 Å². The fourth-order valence-corrected chi connectivity index (χ4v) is 20.8. The van der Waals surface area contributed by atoms with Gasteiger partial charge in [0.05, 0.1) is 0 Å². The number of nitrogens with zero attached hydrogens (tertiary/aromatic N) is 1. The molecule has 8 nitrogen and oxygen atoms in total. The normalized spacial score (nSPS) is 42.6. The van der Waals surface area contributed by atoms with Crippen LogP contribution in [0.25, 0.3) is 0 Å². The van der Waals surface area contributed by atoms with Crippen molar-refractivity contribution in [2.75, 3.05) is 13.6 Å². The van der Waals surface area contributed by atoms with Gasteiger partial charge in [-0.25, -0.2) is 5.70 Å². The molecule has 134 valence electrons. The molecule has 0 aromatic heterocycles. The first-order valence-electron chi connectivity index (χ1n) is 8.13. The maximum atomic E-state index is 11.5. The molecule has 1 unspecified atom stereocenters. The topological polar surface area (TPSA) is 101 Å². The second kappa shape index (κ2) is 6.04. The summed E-state index contributed by atoms with van der Waals surface area (Å²) >= 11 is 0. The van der Waals surface area contributed by atoms with Gasteiger partial charge in [0.25, 0.3) is 5.41 Å². The molecule has 0 radical (unpaired) electrons. The Bertz CT molecular complexity index is 778. The van der Waals surface area contributed by atoms with Crippen molar-refractivity contribution < 1.29 is 51.0 Å². The van der Waals surface area contributed by atoms with Crippen LogP contribution in [-0.2, 0) is 16.8 Å². The summed E-state index contributed by atoms with van der Waals surface area (Å²) in [7, 11) is -8.39. The van der Waals surface area contributed by atoms with Crippen LogP contribution in [0.2, 0.25) is 12.1 Å². The zero-order chi connectivity index (χ0) is 17.4. The van der Waals surface area contributed by atoms with Crippen LogP contribution in [0.1, 0.15) is 0 Å². The standard InChI is InChI=1S/C13H18NO7Si4.Li/c1-14-5-8-25-13(17)10(15)4-6-22(19-25)11(14)9-24(21-25)7-2-3-12(16)23(18-13)20-24;/h2-4,6,9-10,15-17H,5,7-8H2,1H3;/q-1;+1/t10-,13-,24?,25-;/m0./s1. The predicted molar refractivity (Wildman–Crippen MR) is 93.9 cm³/mol. The average Bonchev–Trinajstić information content (AvgIpc) is 2.95. The molecule has 26 heavy (non-hydrogen) atoms. The first kappa shape index (κ1) is 18.9. The van der Waals surface area contributed by atoms with Crippen LogP contribution in [0.15, 0.2) is 34.9 Å². The molecule has 2 saturated heterocycles. The van der Waals surface area contributed by atoms with Crippen LogP contribution in [-0.4, -0.2) is 85.7 Å². The fraction of sp³-hybridized carbons (Fsp3) is 0.462. The molecule has 5 rings (SSSR count). The first-order chi connectivity index (χ1) is 11.9. The Hall–Kier alpha value is -0.405. The summed E-state index contributed by atoms with van der Waals surface area (Å²) in [6, 6.07) is 0.969. The van der Waals surface area contributed by atoms with Gasteiger partial charge in [-0.1, -0.05) is 12.2 Å². The molecule has 0 saturated carbocycles. The minimum atomic E-state index is -3.42. The van der Waals surface area contributed by atoms with E-state index in [1.54, 1.807) is 6.08 Å². The molecular weight excluding hydrogens is 401 g/mol. The number of hydrogen-bond acceptors (Lipinski definition) is 8. The van der Waals surface area contributed by atoms with Gasteiger partial charge in [0.1, 0.15) is 6.10 Å². The number of fused-ring (bicyclic) bond motifs is 1. The van der Waals surface area contributed by atoms with E-state index in [1.165, 1.54) is 6.08 Å². The minimum absolute atomic E-state index is 0. The van der Waals surface area contributed by atoms with E-state index in [0.29, 0.717) is 18.6 Å². The monoisotopic (exact) mass is 419 g/mol. The fourth-order valence-electron chi connectivity index (χ4n) is 3.81. The van der Waals surface area contributed by atoms with E-state index in [2.05, 4.69) is 10.6 Å². The van der Waals surface area contributed by atoms with Crippen molar-refractivity contribution >= 4 is 40.4 Å². The maximum absolute atomic E-state index is 11.5. The second-order valence-electron chi connectivity index (χ2n) is 6.82. The first-order valence-corrected chi connectivity index (χ1v) is 15.1. The van der Waals surface area contributed by atoms with Gasteiger partial charge in [0, 0.05) is 25.7 Å². The van der Waals surface area contributed by atoms with Crippen LogP contribution < -0.4 is 18.9 Å². The molecule has 3 N–H and O–H groups in total. The van der Waals surface area contributed by atoms with Crippen LogP contribution in [0, 0.1) is 0 Å². The largest absolute Gasteiger partial charge is 1.00 e. The van der Waals surface area contributed by atoms with Crippen molar-refractivity contribution in [3.63, 3.8) is 0 Å². The Labute approximate surface area is 168 Å². The third-order valence-electron chi connectivity index (χ3n) is 5.19. The van der Waals surface area contributed by atoms with Crippen molar-refractivity contribution in [3.05, 3.63) is 34.9 Å². The molecule has 13 heteroatoms. The number of hydrogen-bond donors (Lipinski definition) is 3. The molecule has 0 aromatic rings. The van der Waals surface area contributed by atoms with E-state index in [1.807, 2.05) is 18.8 Å². The van der Waals surface area contributed by atoms with Crippen LogP contribution in [0.3, 0.4) is 0 Å². The number of aliphatic hydroxyl groups excluding tert-OH is 2. The summed E-state index contributed by atoms with van der Waals surface area (Å²) in [5.41, 5.74) is 1.90. The molecule has 2 fully saturated rings. The van der Waals surface area contributed by atoms with Crippen molar-refractivity contribution in [2.45, 2.75) is 23.6 Å². The summed E-state index contributed by atoms with van der Waals surface area (Å²) in [5, 5.41) is 33.5. The van der Waals surface area contributed by atoms with E-state index in [0.717, 1.165) is 5.32 Å². The van der Waals surface area contributed by atoms with Crippen molar-refractivity contribution in [2.24, 2.45) is 0 Å². The average molecular weight is 420 g/mol. The Morgan fingerprint density at radius 3 is 3.08 bits per heavy atom. The third kappa shape index (κ3) is 2.42. The van der Waals surface area contributed by atoms with Gasteiger partial charge in [-0.15, -0.1) is 14.4 Å². The van der Waals surface area contributed by atoms with Crippen LogP contribution in [0.4, 0.5) is 0 Å². The summed E-state index contributed by atoms with van der Waals surface area (Å²) in [5.74, 6) is 0. The van der Waals surface area contributed by atoms with E-state index in [4.69, 9.17) is 16.8 Å². The van der Waals surface area contributed by atoms with E-state index in [9.17, 15) is 15.3 Å². The van der Waals surface area contributed by atoms with E-state index in [-0.39, 0.29) is 24.2 Å². The van der Waals surface area contributed by atoms with Gasteiger partial charge in [-0.3, -0.25) is 0 Å². The summed E-state index contributed by atoms with van der Waals surface area (Å²) in [6.45, 7) is 0.649. The van der Waals surface area contributed by atoms with E-state index >= 15 is 0 Å². The maximum Gasteiger partial charge on any atom is 1.00 e. The molecule has 0 aliphatic carbocycles. The zero-order valence-electron chi connectivity index (χ0n) is 14.5. The van der Waals surface area contributed by atoms with Gasteiger partial charge in [0.15, 0.2) is 5.35 Å². The third-order valence-corrected chi connectivity index (χ3v) is 19.2. The molecule has 5 aliphatic heterocycles. The molecule has 0 aromatic carbocycles. The number of allylic oxidation sites excluding steroid dienone is 1. The van der Waals surface area contributed by atoms with Gasteiger partial charge in [-0.2, -0.15) is 0 Å². The second-order valence-corrected chi connectivity index (χ2v) is 17.2. The summed E-state index contributed by atoms with van der Waals surface area (Å²) in [6.07, 6.45) is 3.66. The molecule has 5 heterocycles. The molecule has 0 amide bonds. The minimum Gasteiger partial charge on any atom is -0.577 e. The molecule has 5 aliphatic rings. The smallest absolute Gasteiger partial charge is 0.577 e. The van der Waals surface area contributed by atoms with Gasteiger partial charge >= 0.3 is 44.9 Å². The number of rotatable bonds is 0. The van der Waals surface area contributed by atoms with Gasteiger partial charge in [-0.05, 0) is 11.8 Å². The van der Waals surface area contributed by atoms with Gasteiger partial charge in [0.2, 0.25) is 0 Å². The Balaban J connectivity index is 0.00000168. The number of aliphatic hydroxyl groups is 3. The van der Waals surface area contributed by atoms with Crippen molar-refractivity contribution in [1.82, 2.24) is 4.90 Å². The Kier molecular flexibility index (Phi) is 4.40.